The van der Waals surface area contributed by atoms with E-state index in [1.54, 1.807) is 18.2 Å². The van der Waals surface area contributed by atoms with Crippen LogP contribution in [-0.2, 0) is 16.1 Å². The molecule has 0 spiro atoms. The third-order valence-corrected chi connectivity index (χ3v) is 6.62. The Morgan fingerprint density at radius 3 is 2.63 bits per heavy atom. The van der Waals surface area contributed by atoms with Crippen LogP contribution < -0.4 is 10.1 Å². The van der Waals surface area contributed by atoms with Crippen LogP contribution in [0, 0.1) is 0 Å². The molecule has 0 saturated carbocycles. The van der Waals surface area contributed by atoms with E-state index in [0.717, 1.165) is 11.1 Å². The molecule has 0 saturated heterocycles. The van der Waals surface area contributed by atoms with Crippen molar-refractivity contribution >= 4 is 17.9 Å². The van der Waals surface area contributed by atoms with E-state index < -0.39 is 11.6 Å². The Balaban J connectivity index is 1.78. The minimum absolute atomic E-state index is 0.0555. The monoisotopic (exact) mass is 551 g/mol. The fourth-order valence-electron chi connectivity index (χ4n) is 4.59. The Morgan fingerprint density at radius 2 is 1.90 bits per heavy atom. The van der Waals surface area contributed by atoms with Gasteiger partial charge in [-0.15, -0.1) is 6.58 Å². The van der Waals surface area contributed by atoms with Crippen LogP contribution in [0.2, 0.25) is 0 Å². The molecule has 1 aliphatic heterocycles. The molecule has 0 aliphatic carbocycles. The van der Waals surface area contributed by atoms with Crippen molar-refractivity contribution in [2.24, 2.45) is 10.1 Å². The zero-order valence-electron chi connectivity index (χ0n) is 22.7. The first kappa shape index (κ1) is 29.1. The molecule has 0 unspecified atom stereocenters. The standard InChI is InChI=1S/C32H33N5O4/c1-2-20-34-31(39)32(19-8-12-24-10-4-3-5-11-24)29(28-14-7-6-13-26(28)23-35-37-33)41-30(36-32)25-15-17-27(18-16-25)40-22-9-21-38/h2-8,10-18,29,38H,1,9,19-23H2,(H,34,39)/b12-8+/t29-,32-/m1/s1. The molecule has 1 amide bonds. The predicted octanol–water partition coefficient (Wildman–Crippen LogP) is 5.92. The number of rotatable bonds is 14. The van der Waals surface area contributed by atoms with Crippen molar-refractivity contribution in [3.05, 3.63) is 130 Å². The van der Waals surface area contributed by atoms with Crippen molar-refractivity contribution in [3.63, 3.8) is 0 Å². The number of ether oxygens (including phenoxy) is 2. The lowest BCUT2D eigenvalue weighted by Crippen LogP contribution is -2.48. The molecule has 0 fully saturated rings. The predicted molar refractivity (Wildman–Crippen MR) is 159 cm³/mol. The minimum Gasteiger partial charge on any atom is -0.494 e. The average molecular weight is 552 g/mol. The van der Waals surface area contributed by atoms with Crippen molar-refractivity contribution in [1.29, 1.82) is 0 Å². The van der Waals surface area contributed by atoms with Gasteiger partial charge in [0.2, 0.25) is 5.90 Å². The number of carbonyl (C=O) groups is 1. The molecule has 3 aromatic carbocycles. The summed E-state index contributed by atoms with van der Waals surface area (Å²) < 4.78 is 12.2. The van der Waals surface area contributed by atoms with Crippen molar-refractivity contribution in [3.8, 4) is 5.75 Å². The van der Waals surface area contributed by atoms with E-state index in [-0.39, 0.29) is 32.0 Å². The topological polar surface area (TPSA) is 129 Å². The summed E-state index contributed by atoms with van der Waals surface area (Å²) in [7, 11) is 0. The summed E-state index contributed by atoms with van der Waals surface area (Å²) in [6.07, 6.45) is 5.49. The summed E-state index contributed by atoms with van der Waals surface area (Å²) in [6.45, 7) is 4.56. The number of carbonyl (C=O) groups excluding carboxylic acids is 1. The summed E-state index contributed by atoms with van der Waals surface area (Å²) in [5, 5.41) is 15.7. The van der Waals surface area contributed by atoms with E-state index in [0.29, 0.717) is 35.8 Å². The maximum Gasteiger partial charge on any atom is 0.252 e. The van der Waals surface area contributed by atoms with Gasteiger partial charge in [0.05, 0.1) is 13.2 Å². The van der Waals surface area contributed by atoms with Crippen LogP contribution in [0.5, 0.6) is 5.75 Å². The maximum atomic E-state index is 14.0. The number of hydrogen-bond acceptors (Lipinski definition) is 6. The van der Waals surface area contributed by atoms with Gasteiger partial charge in [-0.25, -0.2) is 4.99 Å². The van der Waals surface area contributed by atoms with E-state index >= 15 is 0 Å². The Bertz CT molecular complexity index is 1430. The van der Waals surface area contributed by atoms with Crippen LogP contribution in [0.3, 0.4) is 0 Å². The fourth-order valence-corrected chi connectivity index (χ4v) is 4.59. The maximum absolute atomic E-state index is 14.0. The number of nitrogens with zero attached hydrogens (tertiary/aromatic N) is 4. The first-order valence-corrected chi connectivity index (χ1v) is 13.4. The first-order chi connectivity index (χ1) is 20.1. The molecular weight excluding hydrogens is 518 g/mol. The molecule has 0 radical (unpaired) electrons. The Morgan fingerprint density at radius 1 is 1.15 bits per heavy atom. The zero-order valence-corrected chi connectivity index (χ0v) is 22.7. The van der Waals surface area contributed by atoms with Gasteiger partial charge in [0.25, 0.3) is 5.91 Å². The molecule has 2 atom stereocenters. The summed E-state index contributed by atoms with van der Waals surface area (Å²) >= 11 is 0. The van der Waals surface area contributed by atoms with Crippen LogP contribution in [0.1, 0.15) is 41.2 Å². The Hall–Kier alpha value is -4.85. The summed E-state index contributed by atoms with van der Waals surface area (Å²) in [4.78, 5) is 21.9. The number of benzene rings is 3. The molecule has 0 bridgehead atoms. The third kappa shape index (κ3) is 7.22. The summed E-state index contributed by atoms with van der Waals surface area (Å²) in [6, 6.07) is 24.5. The molecule has 1 aliphatic rings. The number of aliphatic imine (C=N–C) groups is 1. The summed E-state index contributed by atoms with van der Waals surface area (Å²) in [5.74, 6) is 0.660. The molecule has 9 heteroatoms. The van der Waals surface area contributed by atoms with Crippen LogP contribution in [0.15, 0.2) is 108 Å². The largest absolute Gasteiger partial charge is 0.494 e. The van der Waals surface area contributed by atoms with Gasteiger partial charge in [-0.2, -0.15) is 0 Å². The van der Waals surface area contributed by atoms with E-state index in [2.05, 4.69) is 21.9 Å². The van der Waals surface area contributed by atoms with Crippen molar-refractivity contribution in [1.82, 2.24) is 5.32 Å². The van der Waals surface area contributed by atoms with Gasteiger partial charge in [-0.05, 0) is 46.5 Å². The van der Waals surface area contributed by atoms with E-state index in [4.69, 9.17) is 25.1 Å². The second kappa shape index (κ2) is 14.5. The molecule has 3 aromatic rings. The minimum atomic E-state index is -1.35. The molecule has 1 heterocycles. The van der Waals surface area contributed by atoms with Gasteiger partial charge in [0.1, 0.15) is 5.75 Å². The molecule has 210 valence electrons. The molecule has 0 aromatic heterocycles. The number of azide groups is 1. The Labute approximate surface area is 239 Å². The van der Waals surface area contributed by atoms with E-state index in [1.807, 2.05) is 78.9 Å². The number of nitrogens with one attached hydrogen (secondary N) is 1. The highest BCUT2D eigenvalue weighted by Gasteiger charge is 2.52. The molecule has 2 N–H and O–H groups in total. The summed E-state index contributed by atoms with van der Waals surface area (Å²) in [5.41, 5.74) is 10.8. The highest BCUT2D eigenvalue weighted by Crippen LogP contribution is 2.44. The van der Waals surface area contributed by atoms with Crippen LogP contribution >= 0.6 is 0 Å². The van der Waals surface area contributed by atoms with Gasteiger partial charge < -0.3 is 19.9 Å². The quantitative estimate of drug-likeness (QED) is 0.0847. The van der Waals surface area contributed by atoms with Gasteiger partial charge in [-0.1, -0.05) is 77.9 Å². The number of hydrogen-bond donors (Lipinski definition) is 2. The number of aliphatic hydroxyl groups excluding tert-OH is 1. The second-order valence-electron chi connectivity index (χ2n) is 9.39. The third-order valence-electron chi connectivity index (χ3n) is 6.62. The average Bonchev–Trinajstić information content (AvgIpc) is 3.40. The van der Waals surface area contributed by atoms with Crippen molar-refractivity contribution in [2.45, 2.75) is 31.0 Å². The zero-order chi connectivity index (χ0) is 28.9. The highest BCUT2D eigenvalue weighted by atomic mass is 16.5. The van der Waals surface area contributed by atoms with Gasteiger partial charge in [0, 0.05) is 36.5 Å². The van der Waals surface area contributed by atoms with Gasteiger partial charge in [0.15, 0.2) is 11.6 Å². The Kier molecular flexibility index (Phi) is 10.3. The lowest BCUT2D eigenvalue weighted by molar-refractivity contribution is -0.128. The van der Waals surface area contributed by atoms with Crippen molar-refractivity contribution in [2.75, 3.05) is 19.8 Å². The highest BCUT2D eigenvalue weighted by molar-refractivity contribution is 6.01. The lowest BCUT2D eigenvalue weighted by atomic mass is 9.82. The molecule has 9 nitrogen and oxygen atoms in total. The van der Waals surface area contributed by atoms with Gasteiger partial charge in [-0.3, -0.25) is 4.79 Å². The van der Waals surface area contributed by atoms with Crippen molar-refractivity contribution < 1.29 is 19.4 Å². The first-order valence-electron chi connectivity index (χ1n) is 13.4. The van der Waals surface area contributed by atoms with Gasteiger partial charge >= 0.3 is 0 Å². The fraction of sp³-hybridized carbons (Fsp3) is 0.250. The van der Waals surface area contributed by atoms with Crippen LogP contribution in [0.25, 0.3) is 16.5 Å². The molecule has 4 rings (SSSR count). The molecule has 41 heavy (non-hydrogen) atoms. The van der Waals surface area contributed by atoms with Crippen LogP contribution in [0.4, 0.5) is 0 Å². The van der Waals surface area contributed by atoms with E-state index in [1.165, 1.54) is 0 Å². The number of aliphatic hydroxyl groups is 1. The second-order valence-corrected chi connectivity index (χ2v) is 9.39. The van der Waals surface area contributed by atoms with Crippen LogP contribution in [-0.4, -0.2) is 42.2 Å². The smallest absolute Gasteiger partial charge is 0.252 e. The normalized spacial score (nSPS) is 17.8. The molecular formula is C32H33N5O4. The SMILES string of the molecule is C=CCNC(=O)[C@]1(C/C=C/c2ccccc2)N=C(c2ccc(OCCCO)cc2)O[C@@H]1c1ccccc1CN=[N+]=[N-]. The lowest BCUT2D eigenvalue weighted by Gasteiger charge is -2.30. The number of amides is 1. The van der Waals surface area contributed by atoms with E-state index in [9.17, 15) is 4.79 Å².